The largest absolute Gasteiger partial charge is 0.536 e. The van der Waals surface area contributed by atoms with Gasteiger partial charge in [-0.05, 0) is 6.42 Å². The molecule has 0 spiro atoms. The minimum absolute atomic E-state index is 0.244. The number of carbonyl (C=O) groups is 3. The lowest BCUT2D eigenvalue weighted by Crippen LogP contribution is -2.28. The molecule has 1 rings (SSSR count). The topological polar surface area (TPSA) is 82.1 Å². The molecule has 0 aromatic carbocycles. The molecule has 0 unspecified atom stereocenters. The third-order valence-electron chi connectivity index (χ3n) is 2.16. The zero-order chi connectivity index (χ0) is 13.7. The standard InChI is InChI=1S/C11H15NO6/c1-7(2)10(14)16-6-17-11(15)18-12-8(3)4-5-9(12)13/h7H,3-6H2,1-2H3. The predicted octanol–water partition coefficient (Wildman–Crippen LogP) is 1.35. The summed E-state index contributed by atoms with van der Waals surface area (Å²) in [4.78, 5) is 38.1. The number of hydroxylamine groups is 2. The number of hydrogen-bond donors (Lipinski definition) is 0. The van der Waals surface area contributed by atoms with E-state index in [2.05, 4.69) is 20.9 Å². The molecule has 18 heavy (non-hydrogen) atoms. The molecule has 1 aliphatic heterocycles. The summed E-state index contributed by atoms with van der Waals surface area (Å²) in [6.45, 7) is 6.30. The van der Waals surface area contributed by atoms with Crippen molar-refractivity contribution < 1.29 is 28.7 Å². The van der Waals surface area contributed by atoms with Crippen LogP contribution in [0.2, 0.25) is 0 Å². The highest BCUT2D eigenvalue weighted by Crippen LogP contribution is 2.20. The second-order valence-electron chi connectivity index (χ2n) is 3.98. The van der Waals surface area contributed by atoms with E-state index in [-0.39, 0.29) is 18.2 Å². The maximum Gasteiger partial charge on any atom is 0.536 e. The van der Waals surface area contributed by atoms with Gasteiger partial charge in [0.15, 0.2) is 0 Å². The summed E-state index contributed by atoms with van der Waals surface area (Å²) in [5, 5.41) is 0.784. The minimum atomic E-state index is -1.12. The monoisotopic (exact) mass is 257 g/mol. The molecule has 0 atom stereocenters. The lowest BCUT2D eigenvalue weighted by molar-refractivity contribution is -0.169. The van der Waals surface area contributed by atoms with Crippen molar-refractivity contribution in [2.45, 2.75) is 26.7 Å². The van der Waals surface area contributed by atoms with Gasteiger partial charge in [-0.3, -0.25) is 14.4 Å². The third-order valence-corrected chi connectivity index (χ3v) is 2.16. The fourth-order valence-electron chi connectivity index (χ4n) is 1.15. The normalized spacial score (nSPS) is 14.9. The van der Waals surface area contributed by atoms with Crippen molar-refractivity contribution in [2.75, 3.05) is 6.79 Å². The fourth-order valence-corrected chi connectivity index (χ4v) is 1.15. The van der Waals surface area contributed by atoms with Crippen LogP contribution >= 0.6 is 0 Å². The molecule has 7 heteroatoms. The Balaban J connectivity index is 2.28. The van der Waals surface area contributed by atoms with Gasteiger partial charge in [0.1, 0.15) is 0 Å². The summed E-state index contributed by atoms with van der Waals surface area (Å²) < 4.78 is 9.09. The first-order valence-corrected chi connectivity index (χ1v) is 5.44. The number of carbonyl (C=O) groups excluding carboxylic acids is 3. The molecule has 0 bridgehead atoms. The highest BCUT2D eigenvalue weighted by atomic mass is 16.9. The Morgan fingerprint density at radius 2 is 2.00 bits per heavy atom. The van der Waals surface area contributed by atoms with Crippen LogP contribution in [0, 0.1) is 5.92 Å². The molecule has 0 aliphatic carbocycles. The van der Waals surface area contributed by atoms with E-state index in [1.54, 1.807) is 13.8 Å². The van der Waals surface area contributed by atoms with Crippen molar-refractivity contribution in [2.24, 2.45) is 5.92 Å². The van der Waals surface area contributed by atoms with Crippen LogP contribution in [0.25, 0.3) is 0 Å². The Bertz CT molecular complexity index is 360. The van der Waals surface area contributed by atoms with Crippen LogP contribution in [0.1, 0.15) is 26.7 Å². The number of ether oxygens (including phenoxy) is 2. The van der Waals surface area contributed by atoms with E-state index in [1.165, 1.54) is 0 Å². The number of esters is 1. The average Bonchev–Trinajstić information content (AvgIpc) is 2.60. The van der Waals surface area contributed by atoms with Crippen LogP contribution < -0.4 is 0 Å². The van der Waals surface area contributed by atoms with E-state index < -0.39 is 18.9 Å². The van der Waals surface area contributed by atoms with Gasteiger partial charge in [-0.2, -0.15) is 0 Å². The number of rotatable bonds is 4. The maximum atomic E-state index is 11.2. The molecule has 1 amide bonds. The van der Waals surface area contributed by atoms with Gasteiger partial charge in [-0.25, -0.2) is 4.79 Å². The van der Waals surface area contributed by atoms with E-state index in [9.17, 15) is 14.4 Å². The number of allylic oxidation sites excluding steroid dienone is 1. The second-order valence-corrected chi connectivity index (χ2v) is 3.98. The van der Waals surface area contributed by atoms with Crippen molar-refractivity contribution in [3.05, 3.63) is 12.3 Å². The van der Waals surface area contributed by atoms with Crippen LogP contribution in [0.15, 0.2) is 12.3 Å². The average molecular weight is 257 g/mol. The zero-order valence-electron chi connectivity index (χ0n) is 10.3. The highest BCUT2D eigenvalue weighted by molar-refractivity contribution is 5.81. The Labute approximate surface area is 104 Å². The van der Waals surface area contributed by atoms with Crippen molar-refractivity contribution >= 4 is 18.0 Å². The van der Waals surface area contributed by atoms with Crippen LogP contribution in [0.5, 0.6) is 0 Å². The molecule has 1 heterocycles. The zero-order valence-corrected chi connectivity index (χ0v) is 10.3. The first kappa shape index (κ1) is 14.0. The van der Waals surface area contributed by atoms with E-state index >= 15 is 0 Å². The quantitative estimate of drug-likeness (QED) is 0.558. The third kappa shape index (κ3) is 3.76. The van der Waals surface area contributed by atoms with Crippen molar-refractivity contribution in [1.29, 1.82) is 0 Å². The van der Waals surface area contributed by atoms with Gasteiger partial charge >= 0.3 is 12.1 Å². The van der Waals surface area contributed by atoms with E-state index in [0.29, 0.717) is 12.1 Å². The SMILES string of the molecule is C=C1CCC(=O)N1OC(=O)OCOC(=O)C(C)C. The first-order valence-electron chi connectivity index (χ1n) is 5.44. The van der Waals surface area contributed by atoms with E-state index in [1.807, 2.05) is 0 Å². The summed E-state index contributed by atoms with van der Waals surface area (Å²) in [5.41, 5.74) is 0.385. The van der Waals surface area contributed by atoms with Crippen LogP contribution in [0.4, 0.5) is 4.79 Å². The van der Waals surface area contributed by atoms with Crippen molar-refractivity contribution in [3.8, 4) is 0 Å². The molecule has 0 saturated carbocycles. The summed E-state index contributed by atoms with van der Waals surface area (Å²) in [5.74, 6) is -1.18. The Morgan fingerprint density at radius 1 is 1.33 bits per heavy atom. The lowest BCUT2D eigenvalue weighted by atomic mass is 10.2. The lowest BCUT2D eigenvalue weighted by Gasteiger charge is -2.15. The first-order chi connectivity index (χ1) is 8.41. The van der Waals surface area contributed by atoms with Gasteiger partial charge in [0.05, 0.1) is 11.6 Å². The van der Waals surface area contributed by atoms with Crippen LogP contribution in [-0.4, -0.2) is 29.9 Å². The molecular weight excluding hydrogens is 242 g/mol. The summed E-state index contributed by atoms with van der Waals surface area (Å²) >= 11 is 0. The number of nitrogens with zero attached hydrogens (tertiary/aromatic N) is 1. The van der Waals surface area contributed by atoms with E-state index in [0.717, 1.165) is 5.06 Å². The molecular formula is C11H15NO6. The molecule has 100 valence electrons. The van der Waals surface area contributed by atoms with Crippen LogP contribution in [-0.2, 0) is 23.9 Å². The summed E-state index contributed by atoms with van der Waals surface area (Å²) in [7, 11) is 0. The fraction of sp³-hybridized carbons (Fsp3) is 0.545. The molecule has 1 fully saturated rings. The van der Waals surface area contributed by atoms with Crippen molar-refractivity contribution in [3.63, 3.8) is 0 Å². The number of amides is 1. The molecule has 0 N–H and O–H groups in total. The Hall–Kier alpha value is -2.05. The molecule has 1 saturated heterocycles. The molecule has 0 aromatic heterocycles. The predicted molar refractivity (Wildman–Crippen MR) is 58.6 cm³/mol. The minimum Gasteiger partial charge on any atom is -0.427 e. The summed E-state index contributed by atoms with van der Waals surface area (Å²) in [6, 6.07) is 0. The van der Waals surface area contributed by atoms with Gasteiger partial charge < -0.3 is 9.47 Å². The van der Waals surface area contributed by atoms with E-state index in [4.69, 9.17) is 0 Å². The summed E-state index contributed by atoms with van der Waals surface area (Å²) in [6.07, 6.45) is -0.439. The molecule has 1 aliphatic rings. The van der Waals surface area contributed by atoms with Gasteiger partial charge in [0.25, 0.3) is 5.91 Å². The van der Waals surface area contributed by atoms with Gasteiger partial charge in [-0.1, -0.05) is 20.4 Å². The smallest absolute Gasteiger partial charge is 0.427 e. The second kappa shape index (κ2) is 6.04. The number of hydrogen-bond acceptors (Lipinski definition) is 6. The highest BCUT2D eigenvalue weighted by Gasteiger charge is 2.28. The Morgan fingerprint density at radius 3 is 2.50 bits per heavy atom. The Kier molecular flexibility index (Phi) is 4.70. The van der Waals surface area contributed by atoms with Gasteiger partial charge in [-0.15, -0.1) is 5.06 Å². The van der Waals surface area contributed by atoms with Crippen molar-refractivity contribution in [1.82, 2.24) is 5.06 Å². The van der Waals surface area contributed by atoms with Crippen LogP contribution in [0.3, 0.4) is 0 Å². The molecule has 0 aromatic rings. The molecule has 7 nitrogen and oxygen atoms in total. The van der Waals surface area contributed by atoms with Gasteiger partial charge in [0.2, 0.25) is 6.79 Å². The van der Waals surface area contributed by atoms with Gasteiger partial charge in [0, 0.05) is 6.42 Å². The maximum absolute atomic E-state index is 11.2. The molecule has 0 radical (unpaired) electrons.